The van der Waals surface area contributed by atoms with Gasteiger partial charge in [0, 0.05) is 16.0 Å². The van der Waals surface area contributed by atoms with E-state index in [-0.39, 0.29) is 5.92 Å². The molecule has 1 aromatic carbocycles. The van der Waals surface area contributed by atoms with E-state index in [2.05, 4.69) is 15.9 Å². The van der Waals surface area contributed by atoms with Gasteiger partial charge >= 0.3 is 0 Å². The zero-order valence-corrected chi connectivity index (χ0v) is 11.1. The molecule has 4 rings (SSSR count). The number of halogens is 2. The molecule has 1 aromatic rings. The maximum atomic E-state index is 12.3. The number of rotatable bonds is 0. The lowest BCUT2D eigenvalue weighted by Gasteiger charge is -2.22. The number of carbonyl (C=O) groups is 1. The van der Waals surface area contributed by atoms with Crippen molar-refractivity contribution < 1.29 is 4.79 Å². The van der Waals surface area contributed by atoms with Crippen molar-refractivity contribution in [1.82, 2.24) is 0 Å². The number of Topliss-reactive ketones (excluding diaryl/α,β-unsaturated/α-hetero) is 1. The predicted molar refractivity (Wildman–Crippen MR) is 68.2 cm³/mol. The molecule has 0 aliphatic heterocycles. The summed E-state index contributed by atoms with van der Waals surface area (Å²) in [5, 5.41) is 0.719. The van der Waals surface area contributed by atoms with E-state index >= 15 is 0 Å². The highest BCUT2D eigenvalue weighted by molar-refractivity contribution is 9.10. The topological polar surface area (TPSA) is 17.1 Å². The van der Waals surface area contributed by atoms with Gasteiger partial charge in [-0.05, 0) is 65.2 Å². The van der Waals surface area contributed by atoms with E-state index in [0.29, 0.717) is 11.7 Å². The third-order valence-corrected chi connectivity index (χ3v) is 5.09. The quantitative estimate of drug-likeness (QED) is 0.685. The number of benzene rings is 1. The van der Waals surface area contributed by atoms with E-state index in [1.54, 1.807) is 0 Å². The normalized spacial score (nSPS) is 27.8. The second-order valence-corrected chi connectivity index (χ2v) is 6.03. The molecule has 0 unspecified atom stereocenters. The van der Waals surface area contributed by atoms with Crippen LogP contribution in [0.1, 0.15) is 47.5 Å². The molecule has 1 nitrogen and oxygen atoms in total. The van der Waals surface area contributed by atoms with Crippen LogP contribution >= 0.6 is 27.5 Å². The highest BCUT2D eigenvalue weighted by atomic mass is 79.9. The van der Waals surface area contributed by atoms with Gasteiger partial charge in [0.25, 0.3) is 0 Å². The van der Waals surface area contributed by atoms with Crippen LogP contribution in [-0.2, 0) is 0 Å². The molecule has 1 saturated carbocycles. The van der Waals surface area contributed by atoms with Crippen LogP contribution in [0.2, 0.25) is 5.02 Å². The summed E-state index contributed by atoms with van der Waals surface area (Å²) in [4.78, 5) is 12.3. The maximum absolute atomic E-state index is 12.3. The molecule has 0 atom stereocenters. The highest BCUT2D eigenvalue weighted by Crippen LogP contribution is 2.44. The molecule has 0 radical (unpaired) electrons. The van der Waals surface area contributed by atoms with Gasteiger partial charge < -0.3 is 0 Å². The first-order valence-corrected chi connectivity index (χ1v) is 6.87. The fraction of sp³-hybridized carbons (Fsp3) is 0.462. The van der Waals surface area contributed by atoms with Gasteiger partial charge in [-0.3, -0.25) is 4.79 Å². The van der Waals surface area contributed by atoms with Gasteiger partial charge in [-0.15, -0.1) is 0 Å². The van der Waals surface area contributed by atoms with Crippen LogP contribution in [0.15, 0.2) is 16.6 Å². The molecule has 0 amide bonds. The van der Waals surface area contributed by atoms with Gasteiger partial charge in [-0.25, -0.2) is 0 Å². The van der Waals surface area contributed by atoms with Crippen molar-refractivity contribution in [1.29, 1.82) is 0 Å². The predicted octanol–water partition coefficient (Wildman–Crippen LogP) is 4.57. The Morgan fingerprint density at radius 3 is 2.44 bits per heavy atom. The Morgan fingerprint density at radius 1 is 1.12 bits per heavy atom. The third-order valence-electron chi connectivity index (χ3n) is 3.90. The van der Waals surface area contributed by atoms with Crippen molar-refractivity contribution >= 4 is 33.3 Å². The van der Waals surface area contributed by atoms with Gasteiger partial charge in [0.1, 0.15) is 0 Å². The van der Waals surface area contributed by atoms with E-state index in [4.69, 9.17) is 11.6 Å². The van der Waals surface area contributed by atoms with Crippen LogP contribution < -0.4 is 0 Å². The van der Waals surface area contributed by atoms with E-state index in [9.17, 15) is 4.79 Å². The molecule has 0 N–H and O–H groups in total. The summed E-state index contributed by atoms with van der Waals surface area (Å²) in [7, 11) is 0. The molecule has 16 heavy (non-hydrogen) atoms. The SMILES string of the molecule is O=C1c2cc(Br)c(Cl)cc2C2CCC1CC2. The summed E-state index contributed by atoms with van der Waals surface area (Å²) in [5.74, 6) is 1.13. The minimum Gasteiger partial charge on any atom is -0.294 e. The molecular formula is C13H12BrClO. The van der Waals surface area contributed by atoms with Crippen molar-refractivity contribution in [3.8, 4) is 0 Å². The van der Waals surface area contributed by atoms with Gasteiger partial charge in [-0.1, -0.05) is 11.6 Å². The fourth-order valence-electron chi connectivity index (χ4n) is 3.00. The summed E-state index contributed by atoms with van der Waals surface area (Å²) < 4.78 is 0.836. The monoisotopic (exact) mass is 298 g/mol. The Labute approximate surface area is 108 Å². The average Bonchev–Trinajstić information content (AvgIpc) is 2.49. The lowest BCUT2D eigenvalue weighted by Crippen LogP contribution is -2.15. The molecule has 0 spiro atoms. The molecule has 0 aromatic heterocycles. The maximum Gasteiger partial charge on any atom is 0.166 e. The molecule has 0 heterocycles. The number of carbonyl (C=O) groups excluding carboxylic acids is 1. The Bertz CT molecular complexity index is 461. The smallest absolute Gasteiger partial charge is 0.166 e. The molecule has 0 saturated heterocycles. The summed E-state index contributed by atoms with van der Waals surface area (Å²) in [6.07, 6.45) is 4.38. The number of ketones is 1. The van der Waals surface area contributed by atoms with Gasteiger partial charge in [0.2, 0.25) is 0 Å². The van der Waals surface area contributed by atoms with Crippen molar-refractivity contribution in [2.24, 2.45) is 5.92 Å². The van der Waals surface area contributed by atoms with Gasteiger partial charge in [0.05, 0.1) is 5.02 Å². The summed E-state index contributed by atoms with van der Waals surface area (Å²) in [5.41, 5.74) is 2.08. The average molecular weight is 300 g/mol. The Balaban J connectivity index is 2.22. The lowest BCUT2D eigenvalue weighted by atomic mass is 9.82. The van der Waals surface area contributed by atoms with Crippen molar-refractivity contribution in [2.75, 3.05) is 0 Å². The first-order chi connectivity index (χ1) is 7.66. The molecule has 3 aliphatic carbocycles. The van der Waals surface area contributed by atoms with E-state index in [1.807, 2.05) is 12.1 Å². The first-order valence-electron chi connectivity index (χ1n) is 5.70. The van der Waals surface area contributed by atoms with Gasteiger partial charge in [0.15, 0.2) is 5.78 Å². The second kappa shape index (κ2) is 3.85. The van der Waals surface area contributed by atoms with E-state index in [0.717, 1.165) is 40.7 Å². The number of hydrogen-bond acceptors (Lipinski definition) is 1. The van der Waals surface area contributed by atoms with Crippen LogP contribution in [0.4, 0.5) is 0 Å². The Morgan fingerprint density at radius 2 is 1.75 bits per heavy atom. The molecule has 84 valence electrons. The van der Waals surface area contributed by atoms with Crippen LogP contribution in [-0.4, -0.2) is 5.78 Å². The van der Waals surface area contributed by atoms with E-state index < -0.39 is 0 Å². The lowest BCUT2D eigenvalue weighted by molar-refractivity contribution is 0.0898. The molecule has 3 heteroatoms. The molecular weight excluding hydrogens is 287 g/mol. The van der Waals surface area contributed by atoms with Crippen LogP contribution in [0.5, 0.6) is 0 Å². The molecule has 3 aliphatic rings. The molecule has 1 fully saturated rings. The van der Waals surface area contributed by atoms with Gasteiger partial charge in [-0.2, -0.15) is 0 Å². The standard InChI is InChI=1S/C13H12BrClO/c14-11-5-10-9(6-12(11)15)7-1-3-8(4-2-7)13(10)16/h5-8H,1-4H2. The van der Waals surface area contributed by atoms with Crippen LogP contribution in [0, 0.1) is 5.92 Å². The van der Waals surface area contributed by atoms with Crippen LogP contribution in [0.25, 0.3) is 0 Å². The zero-order valence-electron chi connectivity index (χ0n) is 8.80. The Hall–Kier alpha value is -0.340. The number of fused-ring (bicyclic) bond motifs is 2. The highest BCUT2D eigenvalue weighted by Gasteiger charge is 2.35. The third kappa shape index (κ3) is 1.54. The summed E-state index contributed by atoms with van der Waals surface area (Å²) >= 11 is 9.53. The number of hydrogen-bond donors (Lipinski definition) is 0. The van der Waals surface area contributed by atoms with E-state index in [1.165, 1.54) is 5.56 Å². The molecule has 2 bridgehead atoms. The fourth-order valence-corrected chi connectivity index (χ4v) is 3.52. The second-order valence-electron chi connectivity index (χ2n) is 4.77. The minimum atomic E-state index is 0.255. The van der Waals surface area contributed by atoms with Crippen molar-refractivity contribution in [3.63, 3.8) is 0 Å². The summed E-state index contributed by atoms with van der Waals surface area (Å²) in [6, 6.07) is 3.90. The van der Waals surface area contributed by atoms with Crippen molar-refractivity contribution in [3.05, 3.63) is 32.8 Å². The minimum absolute atomic E-state index is 0.255. The first kappa shape index (κ1) is 10.8. The summed E-state index contributed by atoms with van der Waals surface area (Å²) in [6.45, 7) is 0. The van der Waals surface area contributed by atoms with Crippen LogP contribution in [0.3, 0.4) is 0 Å². The zero-order chi connectivity index (χ0) is 11.3. The largest absolute Gasteiger partial charge is 0.294 e. The van der Waals surface area contributed by atoms with Crippen molar-refractivity contribution in [2.45, 2.75) is 31.6 Å². The Kier molecular flexibility index (Phi) is 2.60.